The van der Waals surface area contributed by atoms with Crippen molar-refractivity contribution < 1.29 is 36.2 Å². The monoisotopic (exact) mass is 564 g/mol. The number of aromatic nitrogens is 6. The molecule has 0 spiro atoms. The van der Waals surface area contributed by atoms with Crippen molar-refractivity contribution in [3.8, 4) is 11.3 Å². The first kappa shape index (κ1) is 27.8. The van der Waals surface area contributed by atoms with Gasteiger partial charge in [0.2, 0.25) is 10.8 Å². The highest BCUT2D eigenvalue weighted by Crippen LogP contribution is 2.43. The summed E-state index contributed by atoms with van der Waals surface area (Å²) < 4.78 is 80.5. The number of hydrogen-bond acceptors (Lipinski definition) is 10. The summed E-state index contributed by atoms with van der Waals surface area (Å²) in [6, 6.07) is -0.462. The quantitative estimate of drug-likeness (QED) is 0.326. The predicted octanol–water partition coefficient (Wildman–Crippen LogP) is 2.71. The number of rotatable bonds is 8. The summed E-state index contributed by atoms with van der Waals surface area (Å²) in [5.74, 6) is -1.07. The van der Waals surface area contributed by atoms with Gasteiger partial charge in [0.15, 0.2) is 5.82 Å². The van der Waals surface area contributed by atoms with E-state index < -0.39 is 29.2 Å². The molecule has 3 aromatic rings. The lowest BCUT2D eigenvalue weighted by molar-refractivity contribution is -0.145. The van der Waals surface area contributed by atoms with Gasteiger partial charge in [0, 0.05) is 50.1 Å². The number of aliphatic hydroxyl groups excluding tert-OH is 1. The minimum absolute atomic E-state index is 0.0682. The number of carbonyl (C=O) groups is 1. The maximum Gasteiger partial charge on any atom is 0.451 e. The van der Waals surface area contributed by atoms with Gasteiger partial charge in [0.25, 0.3) is 0 Å². The lowest BCUT2D eigenvalue weighted by atomic mass is 10.1. The highest BCUT2D eigenvalue weighted by atomic mass is 32.1. The molecule has 17 heteroatoms. The molecule has 1 aliphatic heterocycles. The Balaban J connectivity index is 1.55. The number of aldehydes is 1. The van der Waals surface area contributed by atoms with E-state index in [1.165, 1.54) is 11.0 Å². The van der Waals surface area contributed by atoms with Crippen LogP contribution in [-0.4, -0.2) is 84.8 Å². The van der Waals surface area contributed by atoms with Crippen molar-refractivity contribution in [2.24, 2.45) is 0 Å². The lowest BCUT2D eigenvalue weighted by Crippen LogP contribution is -2.55. The minimum Gasteiger partial charge on any atom is -0.395 e. The molecule has 4 rings (SSSR count). The summed E-state index contributed by atoms with van der Waals surface area (Å²) in [5, 5.41) is 13.2. The number of carbonyl (C=O) groups excluding carboxylic acids is 1. The number of anilines is 1. The van der Waals surface area contributed by atoms with Gasteiger partial charge < -0.3 is 14.8 Å². The second kappa shape index (κ2) is 10.9. The third-order valence-electron chi connectivity index (χ3n) is 5.90. The first-order valence-electron chi connectivity index (χ1n) is 11.3. The molecule has 2 atom stereocenters. The van der Waals surface area contributed by atoms with Gasteiger partial charge in [-0.3, -0.25) is 4.90 Å². The van der Waals surface area contributed by atoms with Crippen LogP contribution in [0.4, 0.5) is 31.3 Å². The largest absolute Gasteiger partial charge is 0.451 e. The number of aliphatic hydroxyl groups is 1. The van der Waals surface area contributed by atoms with E-state index in [1.54, 1.807) is 4.90 Å². The number of thiazole rings is 1. The van der Waals surface area contributed by atoms with Crippen LogP contribution in [-0.2, 0) is 23.7 Å². The molecule has 1 unspecified atom stereocenters. The molecule has 1 saturated heterocycles. The Morgan fingerprint density at radius 3 is 2.45 bits per heavy atom. The number of piperazine rings is 1. The molecule has 1 aliphatic rings. The first-order valence-corrected chi connectivity index (χ1v) is 12.1. The van der Waals surface area contributed by atoms with Crippen molar-refractivity contribution in [1.82, 2.24) is 34.6 Å². The highest BCUT2D eigenvalue weighted by molar-refractivity contribution is 7.16. The van der Waals surface area contributed by atoms with Gasteiger partial charge in [-0.2, -0.15) is 31.4 Å². The molecule has 10 nitrogen and oxygen atoms in total. The Labute approximate surface area is 216 Å². The lowest BCUT2D eigenvalue weighted by Gasteiger charge is -2.42. The van der Waals surface area contributed by atoms with Crippen molar-refractivity contribution in [2.75, 3.05) is 37.7 Å². The van der Waals surface area contributed by atoms with Gasteiger partial charge in [-0.25, -0.2) is 24.6 Å². The molecular formula is C21H22F6N8O2S. The van der Waals surface area contributed by atoms with Crippen molar-refractivity contribution in [3.05, 3.63) is 35.4 Å². The van der Waals surface area contributed by atoms with E-state index in [9.17, 15) is 36.2 Å². The zero-order chi connectivity index (χ0) is 27.7. The summed E-state index contributed by atoms with van der Waals surface area (Å²) >= 11 is 0.370. The third-order valence-corrected chi connectivity index (χ3v) is 7.06. The van der Waals surface area contributed by atoms with E-state index in [1.807, 2.05) is 11.8 Å². The van der Waals surface area contributed by atoms with Crippen molar-refractivity contribution >= 4 is 22.6 Å². The fourth-order valence-corrected chi connectivity index (χ4v) is 5.05. The number of alkyl halides is 6. The molecular weight excluding hydrogens is 542 g/mol. The number of nitrogens with zero attached hydrogens (tertiary/aromatic N) is 8. The topological polar surface area (TPSA) is 113 Å². The third kappa shape index (κ3) is 6.10. The summed E-state index contributed by atoms with van der Waals surface area (Å²) in [6.07, 6.45) is -5.84. The second-order valence-electron chi connectivity index (χ2n) is 8.63. The molecule has 1 N–H and O–H groups in total. The molecule has 0 aromatic carbocycles. The van der Waals surface area contributed by atoms with Gasteiger partial charge in [0.05, 0.1) is 19.2 Å². The molecule has 0 aliphatic carbocycles. The highest BCUT2D eigenvalue weighted by Gasteiger charge is 2.39. The Kier molecular flexibility index (Phi) is 7.98. The zero-order valence-electron chi connectivity index (χ0n) is 19.8. The normalized spacial score (nSPS) is 18.1. The Hall–Kier alpha value is -3.18. The van der Waals surface area contributed by atoms with E-state index in [0.717, 1.165) is 12.4 Å². The number of halogens is 6. The molecule has 0 radical (unpaired) electrons. The van der Waals surface area contributed by atoms with Crippen LogP contribution in [0, 0.1) is 0 Å². The van der Waals surface area contributed by atoms with Gasteiger partial charge in [-0.05, 0) is 0 Å². The van der Waals surface area contributed by atoms with E-state index in [2.05, 4.69) is 25.0 Å². The van der Waals surface area contributed by atoms with Crippen LogP contribution in [0.15, 0.2) is 18.7 Å². The van der Waals surface area contributed by atoms with E-state index in [0.29, 0.717) is 36.5 Å². The van der Waals surface area contributed by atoms with Crippen LogP contribution >= 0.6 is 11.3 Å². The molecule has 1 fully saturated rings. The van der Waals surface area contributed by atoms with E-state index in [-0.39, 0.29) is 48.4 Å². The average Bonchev–Trinajstić information content (AvgIpc) is 3.52. The Morgan fingerprint density at radius 1 is 1.13 bits per heavy atom. The van der Waals surface area contributed by atoms with Crippen LogP contribution in [0.25, 0.3) is 11.3 Å². The predicted molar refractivity (Wildman–Crippen MR) is 122 cm³/mol. The van der Waals surface area contributed by atoms with Gasteiger partial charge in [-0.1, -0.05) is 18.3 Å². The van der Waals surface area contributed by atoms with Crippen LogP contribution in [0.5, 0.6) is 0 Å². The smallest absolute Gasteiger partial charge is 0.395 e. The standard InChI is InChI=1S/C21H22F6N8O2S/c1-12(16-30-11-35(32-16)4-5-36)8-33-2-3-34(9-14(33)10-37)17-15(31-19(38-17)21(25,26)27)13-6-28-18(29-7-13)20(22,23)24/h5-7,11-12,14,37H,2-4,8-10H2,1H3/t12?,14-/m1/s1. The van der Waals surface area contributed by atoms with Crippen LogP contribution in [0.3, 0.4) is 0 Å². The molecule has 206 valence electrons. The summed E-state index contributed by atoms with van der Waals surface area (Å²) in [5.41, 5.74) is -0.271. The fraction of sp³-hybridized carbons (Fsp3) is 0.524. The molecule has 0 amide bonds. The molecule has 0 bridgehead atoms. The molecule has 3 aromatic heterocycles. The van der Waals surface area contributed by atoms with Gasteiger partial charge >= 0.3 is 12.4 Å². The van der Waals surface area contributed by atoms with Crippen molar-refractivity contribution in [3.63, 3.8) is 0 Å². The van der Waals surface area contributed by atoms with Crippen LogP contribution in [0.1, 0.15) is 29.5 Å². The number of hydrogen-bond donors (Lipinski definition) is 1. The Morgan fingerprint density at radius 2 is 1.84 bits per heavy atom. The van der Waals surface area contributed by atoms with Crippen LogP contribution in [0.2, 0.25) is 0 Å². The van der Waals surface area contributed by atoms with Crippen molar-refractivity contribution in [2.45, 2.75) is 37.8 Å². The van der Waals surface area contributed by atoms with E-state index in [4.69, 9.17) is 0 Å². The first-order chi connectivity index (χ1) is 17.9. The maximum absolute atomic E-state index is 13.5. The molecule has 4 heterocycles. The summed E-state index contributed by atoms with van der Waals surface area (Å²) in [7, 11) is 0. The van der Waals surface area contributed by atoms with Gasteiger partial charge in [0.1, 0.15) is 23.3 Å². The van der Waals surface area contributed by atoms with Crippen LogP contribution < -0.4 is 4.90 Å². The van der Waals surface area contributed by atoms with Gasteiger partial charge in [-0.15, -0.1) is 0 Å². The summed E-state index contributed by atoms with van der Waals surface area (Å²) in [6.45, 7) is 2.88. The summed E-state index contributed by atoms with van der Waals surface area (Å²) in [4.78, 5) is 28.6. The second-order valence-corrected chi connectivity index (χ2v) is 9.61. The SMILES string of the molecule is CC(CN1CCN(c2sc(C(F)(F)F)nc2-c2cnc(C(F)(F)F)nc2)C[C@@H]1CO)c1ncn(CC=O)n1. The Bertz CT molecular complexity index is 1250. The van der Waals surface area contributed by atoms with Crippen molar-refractivity contribution in [1.29, 1.82) is 0 Å². The average molecular weight is 565 g/mol. The molecule has 38 heavy (non-hydrogen) atoms. The minimum atomic E-state index is -4.80. The maximum atomic E-state index is 13.5. The fourth-order valence-electron chi connectivity index (χ4n) is 4.06. The molecule has 0 saturated carbocycles. The zero-order valence-corrected chi connectivity index (χ0v) is 20.6. The van der Waals surface area contributed by atoms with E-state index >= 15 is 0 Å².